The second kappa shape index (κ2) is 11.0. The lowest BCUT2D eigenvalue weighted by molar-refractivity contribution is 0.582. The number of H-pyrrole nitrogens is 1. The maximum absolute atomic E-state index is 14.1. The van der Waals surface area contributed by atoms with Gasteiger partial charge >= 0.3 is 5.69 Å². The molecule has 0 bridgehead atoms. The molecule has 5 rings (SSSR count). The summed E-state index contributed by atoms with van der Waals surface area (Å²) in [5.41, 5.74) is 7.90. The van der Waals surface area contributed by atoms with E-state index >= 15 is 0 Å². The van der Waals surface area contributed by atoms with Crippen LogP contribution in [0.1, 0.15) is 76.3 Å². The third-order valence-corrected chi connectivity index (χ3v) is 7.27. The van der Waals surface area contributed by atoms with Crippen molar-refractivity contribution in [3.63, 3.8) is 0 Å². The van der Waals surface area contributed by atoms with Gasteiger partial charge < -0.3 is 0 Å². The molecule has 0 aliphatic heterocycles. The molecule has 0 unspecified atom stereocenters. The number of para-hydroxylation sites is 1. The van der Waals surface area contributed by atoms with Crippen LogP contribution in [0.2, 0.25) is 0 Å². The van der Waals surface area contributed by atoms with Crippen LogP contribution >= 0.6 is 0 Å². The Bertz CT molecular complexity index is 1650. The number of hydrogen-bond donors (Lipinski definition) is 1. The van der Waals surface area contributed by atoms with Gasteiger partial charge in [0.15, 0.2) is 0 Å². The number of benzene rings is 2. The molecule has 0 saturated carbocycles. The Morgan fingerprint density at radius 2 is 1.77 bits per heavy atom. The summed E-state index contributed by atoms with van der Waals surface area (Å²) in [5, 5.41) is 14.4. The average Bonchev–Trinajstić information content (AvgIpc) is 3.58. The maximum Gasteiger partial charge on any atom is 0.333 e. The highest BCUT2D eigenvalue weighted by molar-refractivity contribution is 5.76. The first kappa shape index (κ1) is 27.2. The number of aryl methyl sites for hydroxylation is 1. The van der Waals surface area contributed by atoms with Gasteiger partial charge in [0.2, 0.25) is 5.82 Å². The average molecular weight is 536 g/mol. The fourth-order valence-electron chi connectivity index (χ4n) is 5.26. The molecule has 0 aliphatic rings. The van der Waals surface area contributed by atoms with Gasteiger partial charge in [-0.05, 0) is 51.8 Å². The molecule has 8 heteroatoms. The Labute approximate surface area is 235 Å². The van der Waals surface area contributed by atoms with E-state index < -0.39 is 0 Å². The van der Waals surface area contributed by atoms with Crippen LogP contribution in [0.25, 0.3) is 28.3 Å². The van der Waals surface area contributed by atoms with Crippen molar-refractivity contribution >= 4 is 0 Å². The summed E-state index contributed by atoms with van der Waals surface area (Å²) in [4.78, 5) is 18.7. The van der Waals surface area contributed by atoms with Crippen molar-refractivity contribution in [3.8, 4) is 28.3 Å². The van der Waals surface area contributed by atoms with Crippen molar-refractivity contribution in [2.75, 3.05) is 0 Å². The van der Waals surface area contributed by atoms with Crippen molar-refractivity contribution in [1.29, 1.82) is 0 Å². The minimum absolute atomic E-state index is 0.00440. The second-order valence-electron chi connectivity index (χ2n) is 11.6. The first-order chi connectivity index (χ1) is 19.2. The zero-order valence-electron chi connectivity index (χ0n) is 24.1. The van der Waals surface area contributed by atoms with Crippen molar-refractivity contribution in [2.24, 2.45) is 0 Å². The lowest BCUT2D eigenvalue weighted by Crippen LogP contribution is -2.27. The molecule has 3 heterocycles. The smallest absolute Gasteiger partial charge is 0.292 e. The van der Waals surface area contributed by atoms with Crippen molar-refractivity contribution in [1.82, 2.24) is 34.7 Å². The van der Waals surface area contributed by atoms with E-state index in [1.807, 2.05) is 33.4 Å². The van der Waals surface area contributed by atoms with Crippen molar-refractivity contribution < 1.29 is 0 Å². The number of aromatic amines is 1. The van der Waals surface area contributed by atoms with Gasteiger partial charge in [-0.25, -0.2) is 4.79 Å². The van der Waals surface area contributed by atoms with Crippen LogP contribution in [-0.2, 0) is 18.4 Å². The fraction of sp³-hybridized carbons (Fsp3) is 0.344. The van der Waals surface area contributed by atoms with E-state index in [2.05, 4.69) is 104 Å². The lowest BCUT2D eigenvalue weighted by Gasteiger charge is -2.26. The van der Waals surface area contributed by atoms with Gasteiger partial charge in [-0.2, -0.15) is 5.21 Å². The summed E-state index contributed by atoms with van der Waals surface area (Å²) in [6, 6.07) is 18.4. The first-order valence-electron chi connectivity index (χ1n) is 13.9. The minimum atomic E-state index is -0.103. The number of hydrogen-bond acceptors (Lipinski definition) is 5. The third-order valence-electron chi connectivity index (χ3n) is 7.27. The number of pyridine rings is 1. The van der Waals surface area contributed by atoms with E-state index in [1.54, 1.807) is 6.20 Å². The standard InChI is InChI=1S/C32H37N7O/c1-7-10-24-20-39(29-25(21(2)3)11-8-13-27(29)32(4,5)6)31(40)38(24)19-22-14-16-23(17-15-22)28-26(12-9-18-33-28)30-34-36-37-35-30/h8-9,11-18,20-21H,7,10,19H2,1-6H3,(H,34,35,36,37). The highest BCUT2D eigenvalue weighted by Crippen LogP contribution is 2.34. The van der Waals surface area contributed by atoms with Gasteiger partial charge in [0.05, 0.1) is 17.9 Å². The summed E-state index contributed by atoms with van der Waals surface area (Å²) >= 11 is 0. The molecule has 0 atom stereocenters. The highest BCUT2D eigenvalue weighted by atomic mass is 16.1. The summed E-state index contributed by atoms with van der Waals surface area (Å²) in [6.07, 6.45) is 5.60. The van der Waals surface area contributed by atoms with Crippen molar-refractivity contribution in [3.05, 3.63) is 99.9 Å². The Hall–Kier alpha value is -4.33. The van der Waals surface area contributed by atoms with Crippen LogP contribution in [-0.4, -0.2) is 34.7 Å². The zero-order valence-corrected chi connectivity index (χ0v) is 24.1. The number of imidazole rings is 1. The van der Waals surface area contributed by atoms with Crippen LogP contribution in [0, 0.1) is 0 Å². The molecule has 0 amide bonds. The van der Waals surface area contributed by atoms with Gasteiger partial charge in [0.1, 0.15) is 0 Å². The number of aromatic nitrogens is 7. The zero-order chi connectivity index (χ0) is 28.4. The number of tetrazole rings is 1. The van der Waals surface area contributed by atoms with Gasteiger partial charge in [-0.3, -0.25) is 14.1 Å². The maximum atomic E-state index is 14.1. The van der Waals surface area contributed by atoms with E-state index in [4.69, 9.17) is 0 Å². The molecule has 1 N–H and O–H groups in total. The van der Waals surface area contributed by atoms with Crippen LogP contribution < -0.4 is 5.69 Å². The quantitative estimate of drug-likeness (QED) is 0.252. The normalized spacial score (nSPS) is 11.9. The molecule has 0 spiro atoms. The molecule has 3 aromatic heterocycles. The molecule has 2 aromatic carbocycles. The van der Waals surface area contributed by atoms with Crippen LogP contribution in [0.3, 0.4) is 0 Å². The molecule has 5 aromatic rings. The number of rotatable bonds is 8. The van der Waals surface area contributed by atoms with E-state index in [0.29, 0.717) is 18.3 Å². The van der Waals surface area contributed by atoms with Gasteiger partial charge in [0, 0.05) is 29.2 Å². The van der Waals surface area contributed by atoms with Gasteiger partial charge in [-0.15, -0.1) is 10.2 Å². The Morgan fingerprint density at radius 1 is 1.00 bits per heavy atom. The molecule has 0 saturated heterocycles. The SMILES string of the molecule is CCCc1cn(-c2c(C(C)C)cccc2C(C)(C)C)c(=O)n1Cc1ccc(-c2ncccc2-c2nn[nH]n2)cc1. The van der Waals surface area contributed by atoms with E-state index in [9.17, 15) is 4.79 Å². The van der Waals surface area contributed by atoms with E-state index in [1.165, 1.54) is 11.1 Å². The fourth-order valence-corrected chi connectivity index (χ4v) is 5.26. The Kier molecular flexibility index (Phi) is 7.52. The third kappa shape index (κ3) is 5.26. The summed E-state index contributed by atoms with van der Waals surface area (Å²) in [6.45, 7) is 13.6. The monoisotopic (exact) mass is 535 g/mol. The van der Waals surface area contributed by atoms with Crippen LogP contribution in [0.15, 0.2) is 71.8 Å². The van der Waals surface area contributed by atoms with E-state index in [-0.39, 0.29) is 11.1 Å². The number of nitrogens with one attached hydrogen (secondary N) is 1. The summed E-state index contributed by atoms with van der Waals surface area (Å²) in [7, 11) is 0. The Morgan fingerprint density at radius 3 is 2.42 bits per heavy atom. The lowest BCUT2D eigenvalue weighted by atomic mass is 9.83. The summed E-state index contributed by atoms with van der Waals surface area (Å²) < 4.78 is 3.81. The van der Waals surface area contributed by atoms with Crippen molar-refractivity contribution in [2.45, 2.75) is 72.3 Å². The molecule has 0 radical (unpaired) electrons. The molecule has 0 aliphatic carbocycles. The largest absolute Gasteiger partial charge is 0.333 e. The minimum Gasteiger partial charge on any atom is -0.292 e. The predicted octanol–water partition coefficient (Wildman–Crippen LogP) is 6.30. The Balaban J connectivity index is 1.55. The van der Waals surface area contributed by atoms with Gasteiger partial charge in [-0.1, -0.05) is 90.4 Å². The topological polar surface area (TPSA) is 94.3 Å². The molecule has 8 nitrogen and oxygen atoms in total. The summed E-state index contributed by atoms with van der Waals surface area (Å²) in [5.74, 6) is 0.791. The predicted molar refractivity (Wildman–Crippen MR) is 159 cm³/mol. The molecular weight excluding hydrogens is 498 g/mol. The molecule has 206 valence electrons. The second-order valence-corrected chi connectivity index (χ2v) is 11.6. The highest BCUT2D eigenvalue weighted by Gasteiger charge is 2.25. The first-order valence-corrected chi connectivity index (χ1v) is 13.9. The van der Waals surface area contributed by atoms with Crippen LogP contribution in [0.4, 0.5) is 0 Å². The van der Waals surface area contributed by atoms with Gasteiger partial charge in [0.25, 0.3) is 0 Å². The molecule has 40 heavy (non-hydrogen) atoms. The van der Waals surface area contributed by atoms with E-state index in [0.717, 1.165) is 46.6 Å². The number of nitrogens with zero attached hydrogens (tertiary/aromatic N) is 6. The van der Waals surface area contributed by atoms with Crippen LogP contribution in [0.5, 0.6) is 0 Å². The molecule has 0 fully saturated rings. The molecular formula is C32H37N7O.